The zero-order chi connectivity index (χ0) is 24.6. The zero-order valence-corrected chi connectivity index (χ0v) is 21.9. The summed E-state index contributed by atoms with van der Waals surface area (Å²) in [5.41, 5.74) is 3.34. The molecule has 8 heteroatoms. The number of aromatic nitrogens is 1. The molecular weight excluding hydrogens is 524 g/mol. The van der Waals surface area contributed by atoms with Gasteiger partial charge in [-0.05, 0) is 73.5 Å². The molecule has 0 unspecified atom stereocenters. The molecule has 0 aliphatic carbocycles. The van der Waals surface area contributed by atoms with E-state index in [1.165, 1.54) is 0 Å². The fourth-order valence-corrected chi connectivity index (χ4v) is 5.93. The highest BCUT2D eigenvalue weighted by Gasteiger charge is 2.46. The monoisotopic (exact) mass is 545 g/mol. The van der Waals surface area contributed by atoms with Crippen LogP contribution in [0.25, 0.3) is 6.08 Å². The summed E-state index contributed by atoms with van der Waals surface area (Å²) in [5.74, 6) is -0.137. The number of fused-ring (bicyclic) bond motifs is 2. The van der Waals surface area contributed by atoms with E-state index in [1.807, 2.05) is 47.4 Å². The molecule has 4 nitrogen and oxygen atoms in total. The zero-order valence-electron chi connectivity index (χ0n) is 18.9. The van der Waals surface area contributed by atoms with Gasteiger partial charge in [-0.1, -0.05) is 76.8 Å². The molecule has 180 valence electrons. The topological polar surface area (TPSA) is 36.4 Å². The Balaban J connectivity index is 1.34. The van der Waals surface area contributed by atoms with Crippen molar-refractivity contribution in [2.75, 3.05) is 31.1 Å². The average Bonchev–Trinajstić information content (AvgIpc) is 3.13. The molecule has 0 bridgehead atoms. The predicted octanol–water partition coefficient (Wildman–Crippen LogP) is 7.40. The number of nitrogens with zero attached hydrogens (tertiary/aromatic N) is 3. The fourth-order valence-electron chi connectivity index (χ4n) is 5.10. The number of carbonyl (C=O) groups is 1. The van der Waals surface area contributed by atoms with E-state index in [9.17, 15) is 4.79 Å². The van der Waals surface area contributed by atoms with Gasteiger partial charge in [0.25, 0.3) is 5.91 Å². The van der Waals surface area contributed by atoms with E-state index in [-0.39, 0.29) is 21.6 Å². The lowest BCUT2D eigenvalue weighted by Gasteiger charge is -2.39. The highest BCUT2D eigenvalue weighted by molar-refractivity contribution is 6.33. The van der Waals surface area contributed by atoms with Crippen LogP contribution < -0.4 is 4.90 Å². The van der Waals surface area contributed by atoms with Crippen LogP contribution in [0, 0.1) is 0 Å². The minimum absolute atomic E-state index is 0.137. The Bertz CT molecular complexity index is 1280. The predicted molar refractivity (Wildman–Crippen MR) is 145 cm³/mol. The molecule has 2 aromatic carbocycles. The first-order valence-electron chi connectivity index (χ1n) is 11.4. The number of halogens is 4. The Labute approximate surface area is 225 Å². The highest BCUT2D eigenvalue weighted by Crippen LogP contribution is 2.48. The third kappa shape index (κ3) is 5.09. The molecule has 2 aliphatic rings. The standard InChI is InChI=1S/C27H23Cl4N3O/c28-20-7-8-23-21(16-20)27(17-34(23)26(35)19-14-24(30)32-25(31)15-19)9-12-33(13-10-27)11-3-5-18-4-1-2-6-22(18)29/h1-8,14-16H,9-13,17H2. The van der Waals surface area contributed by atoms with E-state index < -0.39 is 0 Å². The van der Waals surface area contributed by atoms with E-state index in [0.29, 0.717) is 17.1 Å². The number of hydrogen-bond donors (Lipinski definition) is 0. The Morgan fingerprint density at radius 1 is 0.971 bits per heavy atom. The molecular formula is C27H23Cl4N3O. The first kappa shape index (κ1) is 24.6. The van der Waals surface area contributed by atoms with Gasteiger partial charge in [-0.15, -0.1) is 0 Å². The molecule has 1 fully saturated rings. The number of carbonyl (C=O) groups excluding carboxylic acids is 1. The van der Waals surface area contributed by atoms with E-state index in [2.05, 4.69) is 22.0 Å². The van der Waals surface area contributed by atoms with Gasteiger partial charge in [0.2, 0.25) is 0 Å². The van der Waals surface area contributed by atoms with Crippen LogP contribution in [0.3, 0.4) is 0 Å². The minimum atomic E-state index is -0.139. The Kier molecular flexibility index (Phi) is 7.11. The summed E-state index contributed by atoms with van der Waals surface area (Å²) >= 11 is 24.8. The van der Waals surface area contributed by atoms with Gasteiger partial charge in [0, 0.05) is 39.8 Å². The molecule has 1 spiro atoms. The van der Waals surface area contributed by atoms with Crippen LogP contribution in [-0.2, 0) is 5.41 Å². The summed E-state index contributed by atoms with van der Waals surface area (Å²) < 4.78 is 0. The van der Waals surface area contributed by atoms with Gasteiger partial charge in [0.1, 0.15) is 10.3 Å². The van der Waals surface area contributed by atoms with Crippen LogP contribution in [0.4, 0.5) is 5.69 Å². The summed E-state index contributed by atoms with van der Waals surface area (Å²) in [6.07, 6.45) is 6.10. The van der Waals surface area contributed by atoms with E-state index in [1.54, 1.807) is 12.1 Å². The Morgan fingerprint density at radius 3 is 2.40 bits per heavy atom. The number of likely N-dealkylation sites (tertiary alicyclic amines) is 1. The molecule has 1 saturated heterocycles. The maximum Gasteiger partial charge on any atom is 0.258 e. The summed E-state index contributed by atoms with van der Waals surface area (Å²) in [4.78, 5) is 21.7. The fraction of sp³-hybridized carbons (Fsp3) is 0.259. The van der Waals surface area contributed by atoms with Crippen molar-refractivity contribution in [1.82, 2.24) is 9.88 Å². The van der Waals surface area contributed by atoms with Gasteiger partial charge in [0.15, 0.2) is 0 Å². The number of piperidine rings is 1. The Morgan fingerprint density at radius 2 is 1.69 bits per heavy atom. The smallest absolute Gasteiger partial charge is 0.258 e. The van der Waals surface area contributed by atoms with Gasteiger partial charge >= 0.3 is 0 Å². The first-order chi connectivity index (χ1) is 16.8. The van der Waals surface area contributed by atoms with Gasteiger partial charge in [-0.25, -0.2) is 4.98 Å². The average molecular weight is 547 g/mol. The molecule has 35 heavy (non-hydrogen) atoms. The van der Waals surface area contributed by atoms with Gasteiger partial charge in [-0.2, -0.15) is 0 Å². The van der Waals surface area contributed by atoms with E-state index in [4.69, 9.17) is 46.4 Å². The van der Waals surface area contributed by atoms with Crippen molar-refractivity contribution in [2.24, 2.45) is 0 Å². The highest BCUT2D eigenvalue weighted by atomic mass is 35.5. The molecule has 1 amide bonds. The number of hydrogen-bond acceptors (Lipinski definition) is 3. The van der Waals surface area contributed by atoms with Crippen molar-refractivity contribution < 1.29 is 4.79 Å². The van der Waals surface area contributed by atoms with Crippen molar-refractivity contribution in [3.05, 3.63) is 97.7 Å². The molecule has 3 heterocycles. The molecule has 0 radical (unpaired) electrons. The lowest BCUT2D eigenvalue weighted by Crippen LogP contribution is -2.46. The van der Waals surface area contributed by atoms with Crippen LogP contribution in [0.5, 0.6) is 0 Å². The van der Waals surface area contributed by atoms with Crippen molar-refractivity contribution >= 4 is 64.1 Å². The van der Waals surface area contributed by atoms with Crippen LogP contribution in [0.15, 0.2) is 60.7 Å². The first-order valence-corrected chi connectivity index (χ1v) is 12.9. The summed E-state index contributed by atoms with van der Waals surface area (Å²) in [6, 6.07) is 16.7. The van der Waals surface area contributed by atoms with Crippen molar-refractivity contribution in [1.29, 1.82) is 0 Å². The van der Waals surface area contributed by atoms with Gasteiger partial charge in [-0.3, -0.25) is 9.69 Å². The van der Waals surface area contributed by atoms with Crippen LogP contribution in [0.2, 0.25) is 20.4 Å². The SMILES string of the molecule is O=C(c1cc(Cl)nc(Cl)c1)N1CC2(CCN(CC=Cc3ccccc3Cl)CC2)c2cc(Cl)ccc21. The number of rotatable bonds is 4. The molecule has 5 rings (SSSR count). The number of benzene rings is 2. The number of amides is 1. The van der Waals surface area contributed by atoms with Crippen LogP contribution in [-0.4, -0.2) is 42.0 Å². The van der Waals surface area contributed by atoms with Crippen molar-refractivity contribution in [2.45, 2.75) is 18.3 Å². The number of pyridine rings is 1. The summed E-state index contributed by atoms with van der Waals surface area (Å²) in [7, 11) is 0. The van der Waals surface area contributed by atoms with Crippen LogP contribution in [0.1, 0.15) is 34.3 Å². The van der Waals surface area contributed by atoms with Crippen molar-refractivity contribution in [3.63, 3.8) is 0 Å². The normalized spacial score (nSPS) is 17.3. The third-order valence-electron chi connectivity index (χ3n) is 6.92. The molecule has 3 aromatic rings. The van der Waals surface area contributed by atoms with E-state index >= 15 is 0 Å². The maximum atomic E-state index is 13.5. The third-order valence-corrected chi connectivity index (χ3v) is 7.88. The second kappa shape index (κ2) is 10.1. The molecule has 2 aliphatic heterocycles. The Hall–Kier alpha value is -2.08. The second-order valence-electron chi connectivity index (χ2n) is 9.06. The molecule has 1 aromatic heterocycles. The lowest BCUT2D eigenvalue weighted by atomic mass is 9.74. The maximum absolute atomic E-state index is 13.5. The number of anilines is 1. The minimum Gasteiger partial charge on any atom is -0.307 e. The molecule has 0 saturated carbocycles. The van der Waals surface area contributed by atoms with Gasteiger partial charge < -0.3 is 4.90 Å². The van der Waals surface area contributed by atoms with Gasteiger partial charge in [0.05, 0.1) is 0 Å². The largest absolute Gasteiger partial charge is 0.307 e. The molecule has 0 atom stereocenters. The summed E-state index contributed by atoms with van der Waals surface area (Å²) in [5, 5.41) is 1.83. The van der Waals surface area contributed by atoms with E-state index in [0.717, 1.165) is 54.3 Å². The quantitative estimate of drug-likeness (QED) is 0.320. The summed E-state index contributed by atoms with van der Waals surface area (Å²) in [6.45, 7) is 3.30. The second-order valence-corrected chi connectivity index (χ2v) is 10.7. The van der Waals surface area contributed by atoms with Crippen LogP contribution >= 0.6 is 46.4 Å². The molecule has 0 N–H and O–H groups in total. The van der Waals surface area contributed by atoms with Crippen molar-refractivity contribution in [3.8, 4) is 0 Å². The lowest BCUT2D eigenvalue weighted by molar-refractivity contribution is 0.0977.